The van der Waals surface area contributed by atoms with Gasteiger partial charge in [-0.25, -0.2) is 0 Å². The standard InChI is InChI=1S/C10H16O4/c1-4-6(2)9(12)14-10-7(3)5-8(11)13-10/h6-7,10H,4-5H2,1-3H3. The molecule has 3 atom stereocenters. The average Bonchev–Trinajstić information content (AvgIpc) is 2.44. The minimum absolute atomic E-state index is 0.0319. The predicted molar refractivity (Wildman–Crippen MR) is 49.2 cm³/mol. The van der Waals surface area contributed by atoms with E-state index in [1.807, 2.05) is 13.8 Å². The van der Waals surface area contributed by atoms with Crippen molar-refractivity contribution in [1.29, 1.82) is 0 Å². The van der Waals surface area contributed by atoms with Crippen molar-refractivity contribution in [3.8, 4) is 0 Å². The Morgan fingerprint density at radius 2 is 2.36 bits per heavy atom. The van der Waals surface area contributed by atoms with Crippen molar-refractivity contribution in [2.75, 3.05) is 0 Å². The highest BCUT2D eigenvalue weighted by Crippen LogP contribution is 2.23. The zero-order chi connectivity index (χ0) is 10.7. The van der Waals surface area contributed by atoms with Crippen LogP contribution in [0, 0.1) is 11.8 Å². The topological polar surface area (TPSA) is 52.6 Å². The molecule has 4 heteroatoms. The van der Waals surface area contributed by atoms with E-state index in [0.29, 0.717) is 6.42 Å². The third-order valence-corrected chi connectivity index (χ3v) is 2.45. The van der Waals surface area contributed by atoms with E-state index in [4.69, 9.17) is 9.47 Å². The molecule has 0 amide bonds. The van der Waals surface area contributed by atoms with Gasteiger partial charge in [0.25, 0.3) is 6.29 Å². The number of ether oxygens (including phenoxy) is 2. The maximum absolute atomic E-state index is 11.4. The molecule has 0 saturated carbocycles. The van der Waals surface area contributed by atoms with Crippen molar-refractivity contribution in [2.24, 2.45) is 11.8 Å². The monoisotopic (exact) mass is 200 g/mol. The Bertz CT molecular complexity index is 236. The second-order valence-corrected chi connectivity index (χ2v) is 3.79. The molecule has 1 heterocycles. The zero-order valence-electron chi connectivity index (χ0n) is 8.78. The van der Waals surface area contributed by atoms with Gasteiger partial charge in [-0.15, -0.1) is 0 Å². The Hall–Kier alpha value is -1.06. The normalized spacial score (nSPS) is 28.4. The molecule has 0 aromatic heterocycles. The molecule has 14 heavy (non-hydrogen) atoms. The first-order valence-electron chi connectivity index (χ1n) is 4.94. The van der Waals surface area contributed by atoms with E-state index >= 15 is 0 Å². The number of hydrogen-bond donors (Lipinski definition) is 0. The molecular weight excluding hydrogens is 184 g/mol. The fraction of sp³-hybridized carbons (Fsp3) is 0.800. The van der Waals surface area contributed by atoms with Crippen LogP contribution in [0.25, 0.3) is 0 Å². The van der Waals surface area contributed by atoms with Gasteiger partial charge in [0.1, 0.15) is 0 Å². The Balaban J connectivity index is 2.44. The maximum Gasteiger partial charge on any atom is 0.311 e. The molecule has 80 valence electrons. The summed E-state index contributed by atoms with van der Waals surface area (Å²) in [4.78, 5) is 22.2. The predicted octanol–water partition coefficient (Wildman–Crippen LogP) is 1.48. The summed E-state index contributed by atoms with van der Waals surface area (Å²) in [5.74, 6) is -0.754. The van der Waals surface area contributed by atoms with Gasteiger partial charge in [-0.2, -0.15) is 0 Å². The largest absolute Gasteiger partial charge is 0.425 e. The molecule has 0 radical (unpaired) electrons. The minimum Gasteiger partial charge on any atom is -0.425 e. The fourth-order valence-corrected chi connectivity index (χ4v) is 1.19. The van der Waals surface area contributed by atoms with Gasteiger partial charge in [0, 0.05) is 5.92 Å². The summed E-state index contributed by atoms with van der Waals surface area (Å²) < 4.78 is 9.92. The fourth-order valence-electron chi connectivity index (χ4n) is 1.19. The Morgan fingerprint density at radius 3 is 2.79 bits per heavy atom. The lowest BCUT2D eigenvalue weighted by Crippen LogP contribution is -2.25. The van der Waals surface area contributed by atoms with E-state index in [2.05, 4.69) is 0 Å². The van der Waals surface area contributed by atoms with Gasteiger partial charge in [-0.05, 0) is 6.42 Å². The Morgan fingerprint density at radius 1 is 1.71 bits per heavy atom. The molecule has 0 bridgehead atoms. The van der Waals surface area contributed by atoms with Crippen LogP contribution in [0.2, 0.25) is 0 Å². The molecule has 0 aromatic carbocycles. The van der Waals surface area contributed by atoms with Gasteiger partial charge < -0.3 is 9.47 Å². The molecule has 0 aliphatic carbocycles. The molecule has 0 aromatic rings. The summed E-state index contributed by atoms with van der Waals surface area (Å²) in [6, 6.07) is 0. The van der Waals surface area contributed by atoms with E-state index in [9.17, 15) is 9.59 Å². The number of rotatable bonds is 3. The quantitative estimate of drug-likeness (QED) is 0.647. The van der Waals surface area contributed by atoms with Crippen molar-refractivity contribution < 1.29 is 19.1 Å². The van der Waals surface area contributed by atoms with Crippen molar-refractivity contribution in [3.05, 3.63) is 0 Å². The van der Waals surface area contributed by atoms with Crippen LogP contribution < -0.4 is 0 Å². The molecule has 4 nitrogen and oxygen atoms in total. The lowest BCUT2D eigenvalue weighted by molar-refractivity contribution is -0.184. The Kier molecular flexibility index (Phi) is 3.49. The van der Waals surface area contributed by atoms with Gasteiger partial charge >= 0.3 is 11.9 Å². The van der Waals surface area contributed by atoms with Crippen LogP contribution in [-0.2, 0) is 19.1 Å². The van der Waals surface area contributed by atoms with Gasteiger partial charge in [0.2, 0.25) is 0 Å². The third kappa shape index (κ3) is 2.47. The first-order chi connectivity index (χ1) is 6.54. The summed E-state index contributed by atoms with van der Waals surface area (Å²) in [5, 5.41) is 0. The lowest BCUT2D eigenvalue weighted by Gasteiger charge is -2.16. The van der Waals surface area contributed by atoms with Crippen LogP contribution in [0.4, 0.5) is 0 Å². The van der Waals surface area contributed by atoms with E-state index in [-0.39, 0.29) is 23.8 Å². The van der Waals surface area contributed by atoms with E-state index < -0.39 is 6.29 Å². The summed E-state index contributed by atoms with van der Waals surface area (Å²) in [6.45, 7) is 5.54. The molecule has 1 aliphatic rings. The van der Waals surface area contributed by atoms with Crippen LogP contribution in [0.1, 0.15) is 33.6 Å². The zero-order valence-corrected chi connectivity index (χ0v) is 8.78. The summed E-state index contributed by atoms with van der Waals surface area (Å²) in [6.07, 6.45) is 0.385. The molecule has 1 rings (SSSR count). The van der Waals surface area contributed by atoms with Crippen LogP contribution in [0.5, 0.6) is 0 Å². The van der Waals surface area contributed by atoms with E-state index in [1.54, 1.807) is 6.92 Å². The van der Waals surface area contributed by atoms with Crippen molar-refractivity contribution in [3.63, 3.8) is 0 Å². The van der Waals surface area contributed by atoms with E-state index in [1.165, 1.54) is 0 Å². The van der Waals surface area contributed by atoms with Crippen LogP contribution in [0.3, 0.4) is 0 Å². The number of carbonyl (C=O) groups is 2. The SMILES string of the molecule is CCC(C)C(=O)OC1OC(=O)CC1C. The molecular formula is C10H16O4. The second-order valence-electron chi connectivity index (χ2n) is 3.79. The van der Waals surface area contributed by atoms with Gasteiger partial charge in [-0.1, -0.05) is 20.8 Å². The molecule has 0 spiro atoms. The highest BCUT2D eigenvalue weighted by molar-refractivity contribution is 5.74. The summed E-state index contributed by atoms with van der Waals surface area (Å²) >= 11 is 0. The van der Waals surface area contributed by atoms with Gasteiger partial charge in [-0.3, -0.25) is 9.59 Å². The first-order valence-corrected chi connectivity index (χ1v) is 4.94. The number of esters is 2. The third-order valence-electron chi connectivity index (χ3n) is 2.45. The molecule has 1 fully saturated rings. The van der Waals surface area contributed by atoms with Crippen molar-refractivity contribution in [2.45, 2.75) is 39.9 Å². The summed E-state index contributed by atoms with van der Waals surface area (Å²) in [7, 11) is 0. The van der Waals surface area contributed by atoms with Crippen molar-refractivity contribution >= 4 is 11.9 Å². The van der Waals surface area contributed by atoms with E-state index in [0.717, 1.165) is 6.42 Å². The molecule has 0 N–H and O–H groups in total. The van der Waals surface area contributed by atoms with Crippen LogP contribution in [0.15, 0.2) is 0 Å². The number of hydrogen-bond acceptors (Lipinski definition) is 4. The highest BCUT2D eigenvalue weighted by atomic mass is 16.7. The van der Waals surface area contributed by atoms with Crippen molar-refractivity contribution in [1.82, 2.24) is 0 Å². The number of cyclic esters (lactones) is 1. The van der Waals surface area contributed by atoms with Gasteiger partial charge in [0.05, 0.1) is 12.3 Å². The molecule has 1 aliphatic heterocycles. The molecule has 3 unspecified atom stereocenters. The lowest BCUT2D eigenvalue weighted by atomic mass is 10.1. The smallest absolute Gasteiger partial charge is 0.311 e. The van der Waals surface area contributed by atoms with Crippen LogP contribution in [-0.4, -0.2) is 18.2 Å². The number of carbonyl (C=O) groups excluding carboxylic acids is 2. The average molecular weight is 200 g/mol. The Labute approximate surface area is 83.6 Å². The highest BCUT2D eigenvalue weighted by Gasteiger charge is 2.34. The minimum atomic E-state index is -0.677. The maximum atomic E-state index is 11.4. The summed E-state index contributed by atoms with van der Waals surface area (Å²) in [5.41, 5.74) is 0. The van der Waals surface area contributed by atoms with Gasteiger partial charge in [0.15, 0.2) is 0 Å². The van der Waals surface area contributed by atoms with Crippen LogP contribution >= 0.6 is 0 Å². The second kappa shape index (κ2) is 4.44. The molecule has 1 saturated heterocycles. The first kappa shape index (κ1) is 11.0.